The SMILES string of the molecule is Cc1ccc(CNC(=O)CCc2ccc(OCc3ccccc3)c(O)c2)cc1. The molecule has 0 spiro atoms. The lowest BCUT2D eigenvalue weighted by Crippen LogP contribution is -2.22. The molecular weight excluding hydrogens is 350 g/mol. The van der Waals surface area contributed by atoms with Gasteiger partial charge in [-0.05, 0) is 42.2 Å². The Balaban J connectivity index is 1.45. The molecule has 4 heteroatoms. The minimum Gasteiger partial charge on any atom is -0.504 e. The van der Waals surface area contributed by atoms with Gasteiger partial charge in [-0.15, -0.1) is 0 Å². The summed E-state index contributed by atoms with van der Waals surface area (Å²) in [5, 5.41) is 13.1. The zero-order valence-electron chi connectivity index (χ0n) is 16.0. The fourth-order valence-electron chi connectivity index (χ4n) is 2.83. The second-order valence-corrected chi connectivity index (χ2v) is 6.84. The summed E-state index contributed by atoms with van der Waals surface area (Å²) in [5.41, 5.74) is 4.22. The highest BCUT2D eigenvalue weighted by Crippen LogP contribution is 2.28. The quantitative estimate of drug-likeness (QED) is 0.608. The second kappa shape index (κ2) is 9.60. The standard InChI is InChI=1S/C24H25NO3/c1-18-7-9-20(10-8-18)16-25-24(27)14-12-19-11-13-23(22(26)15-19)28-17-21-5-3-2-4-6-21/h2-11,13,15,26H,12,14,16-17H2,1H3,(H,25,27). The topological polar surface area (TPSA) is 58.6 Å². The molecule has 2 N–H and O–H groups in total. The lowest BCUT2D eigenvalue weighted by molar-refractivity contribution is -0.121. The maximum absolute atomic E-state index is 12.1. The molecule has 0 bridgehead atoms. The van der Waals surface area contributed by atoms with Gasteiger partial charge in [0.05, 0.1) is 0 Å². The van der Waals surface area contributed by atoms with Crippen LogP contribution in [0, 0.1) is 6.92 Å². The maximum Gasteiger partial charge on any atom is 0.220 e. The third-order valence-electron chi connectivity index (χ3n) is 4.51. The monoisotopic (exact) mass is 375 g/mol. The number of rotatable bonds is 8. The number of aromatic hydroxyl groups is 1. The number of hydrogen-bond donors (Lipinski definition) is 2. The fourth-order valence-corrected chi connectivity index (χ4v) is 2.83. The van der Waals surface area contributed by atoms with Crippen LogP contribution >= 0.6 is 0 Å². The lowest BCUT2D eigenvalue weighted by Gasteiger charge is -2.10. The molecule has 28 heavy (non-hydrogen) atoms. The van der Waals surface area contributed by atoms with E-state index in [9.17, 15) is 9.90 Å². The predicted molar refractivity (Wildman–Crippen MR) is 110 cm³/mol. The number of phenolic OH excluding ortho intramolecular Hbond substituents is 1. The molecule has 3 aromatic carbocycles. The maximum atomic E-state index is 12.1. The van der Waals surface area contributed by atoms with Gasteiger partial charge in [-0.1, -0.05) is 66.2 Å². The normalized spacial score (nSPS) is 10.5. The van der Waals surface area contributed by atoms with Gasteiger partial charge in [0, 0.05) is 13.0 Å². The minimum atomic E-state index is -0.00975. The molecule has 0 saturated carbocycles. The van der Waals surface area contributed by atoms with E-state index in [1.807, 2.05) is 67.6 Å². The van der Waals surface area contributed by atoms with E-state index in [2.05, 4.69) is 5.32 Å². The average Bonchev–Trinajstić information content (AvgIpc) is 2.72. The van der Waals surface area contributed by atoms with Crippen molar-refractivity contribution < 1.29 is 14.6 Å². The number of benzene rings is 3. The molecule has 0 aliphatic carbocycles. The Labute approximate surface area is 165 Å². The summed E-state index contributed by atoms with van der Waals surface area (Å²) in [7, 11) is 0. The van der Waals surface area contributed by atoms with Crippen molar-refractivity contribution in [3.8, 4) is 11.5 Å². The van der Waals surface area contributed by atoms with Crippen molar-refractivity contribution in [3.63, 3.8) is 0 Å². The number of nitrogens with one attached hydrogen (secondary N) is 1. The van der Waals surface area contributed by atoms with Crippen LogP contribution in [-0.2, 0) is 24.4 Å². The Bertz CT molecular complexity index is 905. The van der Waals surface area contributed by atoms with Crippen LogP contribution in [0.25, 0.3) is 0 Å². The molecule has 3 aromatic rings. The van der Waals surface area contributed by atoms with E-state index in [1.165, 1.54) is 5.56 Å². The number of phenols is 1. The molecule has 4 nitrogen and oxygen atoms in total. The Morgan fingerprint density at radius 3 is 2.36 bits per heavy atom. The van der Waals surface area contributed by atoms with Gasteiger partial charge < -0.3 is 15.2 Å². The van der Waals surface area contributed by atoms with Gasteiger partial charge in [-0.25, -0.2) is 0 Å². The second-order valence-electron chi connectivity index (χ2n) is 6.84. The molecule has 1 amide bonds. The van der Waals surface area contributed by atoms with Crippen LogP contribution < -0.4 is 10.1 Å². The number of hydrogen-bond acceptors (Lipinski definition) is 3. The van der Waals surface area contributed by atoms with Gasteiger partial charge in [0.15, 0.2) is 11.5 Å². The lowest BCUT2D eigenvalue weighted by atomic mass is 10.1. The van der Waals surface area contributed by atoms with E-state index < -0.39 is 0 Å². The molecule has 0 heterocycles. The van der Waals surface area contributed by atoms with Crippen molar-refractivity contribution in [3.05, 3.63) is 95.1 Å². The van der Waals surface area contributed by atoms with Crippen LogP contribution in [0.4, 0.5) is 0 Å². The van der Waals surface area contributed by atoms with Gasteiger partial charge >= 0.3 is 0 Å². The number of amides is 1. The largest absolute Gasteiger partial charge is 0.504 e. The van der Waals surface area contributed by atoms with Crippen molar-refractivity contribution in [2.45, 2.75) is 32.9 Å². The highest BCUT2D eigenvalue weighted by Gasteiger charge is 2.07. The van der Waals surface area contributed by atoms with E-state index in [0.717, 1.165) is 16.7 Å². The highest BCUT2D eigenvalue weighted by molar-refractivity contribution is 5.76. The Kier molecular flexibility index (Phi) is 6.68. The van der Waals surface area contributed by atoms with Crippen LogP contribution in [0.3, 0.4) is 0 Å². The van der Waals surface area contributed by atoms with E-state index in [0.29, 0.717) is 31.7 Å². The van der Waals surface area contributed by atoms with Gasteiger partial charge in [0.2, 0.25) is 5.91 Å². The molecule has 0 fully saturated rings. The van der Waals surface area contributed by atoms with Crippen molar-refractivity contribution >= 4 is 5.91 Å². The number of aryl methyl sites for hydroxylation is 2. The molecule has 144 valence electrons. The summed E-state index contributed by atoms with van der Waals surface area (Å²) in [5.74, 6) is 0.523. The van der Waals surface area contributed by atoms with Crippen molar-refractivity contribution in [1.29, 1.82) is 0 Å². The van der Waals surface area contributed by atoms with E-state index in [4.69, 9.17) is 4.74 Å². The molecule has 0 saturated heterocycles. The molecule has 0 aliphatic rings. The Morgan fingerprint density at radius 1 is 0.929 bits per heavy atom. The van der Waals surface area contributed by atoms with Crippen LogP contribution in [0.5, 0.6) is 11.5 Å². The molecule has 0 aliphatic heterocycles. The van der Waals surface area contributed by atoms with E-state index in [1.54, 1.807) is 12.1 Å². The Morgan fingerprint density at radius 2 is 1.64 bits per heavy atom. The van der Waals surface area contributed by atoms with Crippen LogP contribution in [0.15, 0.2) is 72.8 Å². The van der Waals surface area contributed by atoms with Gasteiger partial charge in [-0.2, -0.15) is 0 Å². The van der Waals surface area contributed by atoms with Crippen LogP contribution in [0.1, 0.15) is 28.7 Å². The average molecular weight is 375 g/mol. The van der Waals surface area contributed by atoms with E-state index in [-0.39, 0.29) is 11.7 Å². The van der Waals surface area contributed by atoms with Crippen LogP contribution in [-0.4, -0.2) is 11.0 Å². The van der Waals surface area contributed by atoms with Crippen LogP contribution in [0.2, 0.25) is 0 Å². The van der Waals surface area contributed by atoms with Gasteiger partial charge in [0.1, 0.15) is 6.61 Å². The molecule has 3 rings (SSSR count). The number of carbonyl (C=O) groups excluding carboxylic acids is 1. The van der Waals surface area contributed by atoms with Gasteiger partial charge in [-0.3, -0.25) is 4.79 Å². The minimum absolute atomic E-state index is 0.00975. The first kappa shape index (κ1) is 19.5. The molecule has 0 atom stereocenters. The first-order valence-corrected chi connectivity index (χ1v) is 9.41. The molecule has 0 unspecified atom stereocenters. The van der Waals surface area contributed by atoms with E-state index >= 15 is 0 Å². The summed E-state index contributed by atoms with van der Waals surface area (Å²) in [4.78, 5) is 12.1. The number of carbonyl (C=O) groups is 1. The zero-order chi connectivity index (χ0) is 19.8. The van der Waals surface area contributed by atoms with Crippen molar-refractivity contribution in [2.24, 2.45) is 0 Å². The smallest absolute Gasteiger partial charge is 0.220 e. The summed E-state index contributed by atoms with van der Waals surface area (Å²) >= 11 is 0. The third kappa shape index (κ3) is 5.88. The zero-order valence-corrected chi connectivity index (χ0v) is 16.0. The van der Waals surface area contributed by atoms with Crippen molar-refractivity contribution in [1.82, 2.24) is 5.32 Å². The first-order chi connectivity index (χ1) is 13.6. The first-order valence-electron chi connectivity index (χ1n) is 9.41. The Hall–Kier alpha value is -3.27. The molecule has 0 aromatic heterocycles. The summed E-state index contributed by atoms with van der Waals surface area (Å²) in [6.45, 7) is 2.96. The number of ether oxygens (including phenoxy) is 1. The highest BCUT2D eigenvalue weighted by atomic mass is 16.5. The summed E-state index contributed by atoms with van der Waals surface area (Å²) in [6, 6.07) is 23.2. The summed E-state index contributed by atoms with van der Waals surface area (Å²) < 4.78 is 5.67. The van der Waals surface area contributed by atoms with Gasteiger partial charge in [0.25, 0.3) is 0 Å². The van der Waals surface area contributed by atoms with Crippen molar-refractivity contribution in [2.75, 3.05) is 0 Å². The molecule has 0 radical (unpaired) electrons. The summed E-state index contributed by atoms with van der Waals surface area (Å²) in [6.07, 6.45) is 0.932. The fraction of sp³-hybridized carbons (Fsp3) is 0.208. The molecular formula is C24H25NO3. The third-order valence-corrected chi connectivity index (χ3v) is 4.51. The predicted octanol–water partition coefficient (Wildman–Crippen LogP) is 4.53.